The van der Waals surface area contributed by atoms with Crippen molar-refractivity contribution in [1.82, 2.24) is 15.2 Å². The summed E-state index contributed by atoms with van der Waals surface area (Å²) >= 11 is 1.44. The minimum atomic E-state index is -2.84. The van der Waals surface area contributed by atoms with Gasteiger partial charge in [0.2, 0.25) is 5.91 Å². The monoisotopic (exact) mass is 386 g/mol. The van der Waals surface area contributed by atoms with Crippen LogP contribution in [0.15, 0.2) is 5.38 Å². The lowest BCUT2D eigenvalue weighted by Gasteiger charge is -2.34. The normalized spacial score (nSPS) is 24.4. The second kappa shape index (κ2) is 8.01. The molecule has 3 heterocycles. The number of aromatic nitrogens is 1. The summed E-state index contributed by atoms with van der Waals surface area (Å²) in [5, 5.41) is 5.56. The number of carbonyl (C=O) groups is 1. The summed E-state index contributed by atoms with van der Waals surface area (Å²) in [6.07, 6.45) is 4.03. The zero-order chi connectivity index (χ0) is 17.9. The van der Waals surface area contributed by atoms with Crippen molar-refractivity contribution in [2.75, 3.05) is 36.9 Å². The van der Waals surface area contributed by atoms with Crippen molar-refractivity contribution in [1.29, 1.82) is 0 Å². The van der Waals surface area contributed by atoms with Crippen LogP contribution in [0.4, 0.5) is 5.13 Å². The van der Waals surface area contributed by atoms with E-state index < -0.39 is 9.84 Å². The SMILES string of the molecule is Nc1nc(CCCNC(=O)C2CCN(C3CCS(=O)(=O)C3)CC2)cs1. The van der Waals surface area contributed by atoms with E-state index in [4.69, 9.17) is 5.73 Å². The second-order valence-electron chi connectivity index (χ2n) is 6.94. The van der Waals surface area contributed by atoms with Crippen LogP contribution in [-0.4, -0.2) is 61.4 Å². The van der Waals surface area contributed by atoms with Crippen LogP contribution in [0, 0.1) is 5.92 Å². The molecule has 2 fully saturated rings. The van der Waals surface area contributed by atoms with Crippen LogP contribution in [0.1, 0.15) is 31.4 Å². The molecule has 25 heavy (non-hydrogen) atoms. The maximum Gasteiger partial charge on any atom is 0.223 e. The number of carbonyl (C=O) groups excluding carboxylic acids is 1. The van der Waals surface area contributed by atoms with Crippen LogP contribution in [0.25, 0.3) is 0 Å². The third-order valence-corrected chi connectivity index (χ3v) is 7.58. The Balaban J connectivity index is 1.34. The smallest absolute Gasteiger partial charge is 0.223 e. The fourth-order valence-corrected chi connectivity index (χ4v) is 6.01. The van der Waals surface area contributed by atoms with Crippen molar-refractivity contribution in [3.05, 3.63) is 11.1 Å². The highest BCUT2D eigenvalue weighted by Crippen LogP contribution is 2.24. The van der Waals surface area contributed by atoms with Gasteiger partial charge in [0.05, 0.1) is 17.2 Å². The number of hydrogen-bond acceptors (Lipinski definition) is 7. The molecule has 2 aliphatic rings. The van der Waals surface area contributed by atoms with E-state index in [-0.39, 0.29) is 23.6 Å². The lowest BCUT2D eigenvalue weighted by atomic mass is 9.94. The summed E-state index contributed by atoms with van der Waals surface area (Å²) in [7, 11) is -2.84. The summed E-state index contributed by atoms with van der Waals surface area (Å²) < 4.78 is 23.2. The first kappa shape index (κ1) is 18.6. The number of rotatable bonds is 6. The van der Waals surface area contributed by atoms with Crippen LogP contribution in [0.3, 0.4) is 0 Å². The van der Waals surface area contributed by atoms with E-state index in [1.807, 2.05) is 5.38 Å². The van der Waals surface area contributed by atoms with Crippen LogP contribution in [-0.2, 0) is 21.1 Å². The van der Waals surface area contributed by atoms with E-state index in [0.29, 0.717) is 17.4 Å². The first-order valence-electron chi connectivity index (χ1n) is 8.85. The number of likely N-dealkylation sites (tertiary alicyclic amines) is 1. The number of nitrogens with one attached hydrogen (secondary N) is 1. The van der Waals surface area contributed by atoms with Crippen molar-refractivity contribution < 1.29 is 13.2 Å². The van der Waals surface area contributed by atoms with Gasteiger partial charge in [0.1, 0.15) is 0 Å². The highest BCUT2D eigenvalue weighted by Gasteiger charge is 2.35. The summed E-state index contributed by atoms with van der Waals surface area (Å²) in [6.45, 7) is 2.28. The molecule has 0 saturated carbocycles. The number of nitrogen functional groups attached to an aromatic ring is 1. The molecule has 0 aliphatic carbocycles. The Morgan fingerprint density at radius 3 is 2.72 bits per heavy atom. The molecule has 2 aliphatic heterocycles. The molecule has 9 heteroatoms. The van der Waals surface area contributed by atoms with Crippen LogP contribution >= 0.6 is 11.3 Å². The Hall–Kier alpha value is -1.19. The molecule has 1 aromatic rings. The molecule has 1 atom stereocenters. The molecule has 1 amide bonds. The fraction of sp³-hybridized carbons (Fsp3) is 0.750. The highest BCUT2D eigenvalue weighted by molar-refractivity contribution is 7.91. The van der Waals surface area contributed by atoms with E-state index in [1.54, 1.807) is 0 Å². The van der Waals surface area contributed by atoms with E-state index in [9.17, 15) is 13.2 Å². The maximum atomic E-state index is 12.3. The number of hydrogen-bond donors (Lipinski definition) is 2. The number of nitrogens with two attached hydrogens (primary N) is 1. The lowest BCUT2D eigenvalue weighted by Crippen LogP contribution is -2.45. The summed E-state index contributed by atoms with van der Waals surface area (Å²) in [4.78, 5) is 18.7. The van der Waals surface area contributed by atoms with Gasteiger partial charge in [-0.2, -0.15) is 0 Å². The first-order valence-corrected chi connectivity index (χ1v) is 11.5. The minimum absolute atomic E-state index is 0.0455. The molecule has 2 saturated heterocycles. The lowest BCUT2D eigenvalue weighted by molar-refractivity contribution is -0.126. The number of thiazole rings is 1. The van der Waals surface area contributed by atoms with Crippen molar-refractivity contribution in [2.24, 2.45) is 5.92 Å². The maximum absolute atomic E-state index is 12.3. The molecular formula is C16H26N4O3S2. The van der Waals surface area contributed by atoms with Gasteiger partial charge in [0.25, 0.3) is 0 Å². The number of anilines is 1. The third kappa shape index (κ3) is 5.15. The largest absolute Gasteiger partial charge is 0.375 e. The van der Waals surface area contributed by atoms with Crippen LogP contribution < -0.4 is 11.1 Å². The molecule has 0 radical (unpaired) electrons. The van der Waals surface area contributed by atoms with E-state index in [2.05, 4.69) is 15.2 Å². The number of aryl methyl sites for hydroxylation is 1. The average molecular weight is 387 g/mol. The van der Waals surface area contributed by atoms with Crippen molar-refractivity contribution in [3.8, 4) is 0 Å². The Morgan fingerprint density at radius 2 is 2.12 bits per heavy atom. The summed E-state index contributed by atoms with van der Waals surface area (Å²) in [5.74, 6) is 0.758. The van der Waals surface area contributed by atoms with E-state index >= 15 is 0 Å². The highest BCUT2D eigenvalue weighted by atomic mass is 32.2. The van der Waals surface area contributed by atoms with Gasteiger partial charge in [-0.15, -0.1) is 11.3 Å². The molecule has 1 unspecified atom stereocenters. The van der Waals surface area contributed by atoms with Gasteiger partial charge < -0.3 is 11.1 Å². The number of piperidine rings is 1. The molecule has 140 valence electrons. The fourth-order valence-electron chi connectivity index (χ4n) is 3.65. The Bertz CT molecular complexity index is 696. The number of sulfone groups is 1. The molecule has 7 nitrogen and oxygen atoms in total. The molecule has 0 bridgehead atoms. The Morgan fingerprint density at radius 1 is 1.36 bits per heavy atom. The van der Waals surface area contributed by atoms with Crippen molar-refractivity contribution in [2.45, 2.75) is 38.1 Å². The third-order valence-electron chi connectivity index (χ3n) is 5.10. The Labute approximate surface area is 152 Å². The summed E-state index contributed by atoms with van der Waals surface area (Å²) in [6, 6.07) is 0.152. The predicted molar refractivity (Wildman–Crippen MR) is 99.2 cm³/mol. The minimum Gasteiger partial charge on any atom is -0.375 e. The first-order chi connectivity index (χ1) is 11.9. The predicted octanol–water partition coefficient (Wildman–Crippen LogP) is 0.673. The van der Waals surface area contributed by atoms with Crippen LogP contribution in [0.2, 0.25) is 0 Å². The standard InChI is InChI=1S/C16H26N4O3S2/c17-16-19-13(10-24-16)2-1-6-18-15(21)12-3-7-20(8-4-12)14-5-9-25(22,23)11-14/h10,12,14H,1-9,11H2,(H2,17,19)(H,18,21). The van der Waals surface area contributed by atoms with Crippen molar-refractivity contribution in [3.63, 3.8) is 0 Å². The van der Waals surface area contributed by atoms with Gasteiger partial charge in [-0.05, 0) is 45.2 Å². The number of nitrogens with zero attached hydrogens (tertiary/aromatic N) is 2. The topological polar surface area (TPSA) is 105 Å². The van der Waals surface area contributed by atoms with Gasteiger partial charge in [-0.3, -0.25) is 9.69 Å². The van der Waals surface area contributed by atoms with Crippen molar-refractivity contribution >= 4 is 32.2 Å². The van der Waals surface area contributed by atoms with Gasteiger partial charge in [0, 0.05) is 23.9 Å². The summed E-state index contributed by atoms with van der Waals surface area (Å²) in [5.41, 5.74) is 6.58. The van der Waals surface area contributed by atoms with E-state index in [1.165, 1.54) is 11.3 Å². The van der Waals surface area contributed by atoms with Gasteiger partial charge in [0.15, 0.2) is 15.0 Å². The van der Waals surface area contributed by atoms with Gasteiger partial charge >= 0.3 is 0 Å². The average Bonchev–Trinajstić information content (AvgIpc) is 3.16. The number of amides is 1. The second-order valence-corrected chi connectivity index (χ2v) is 10.1. The quantitative estimate of drug-likeness (QED) is 0.696. The molecule has 0 spiro atoms. The molecule has 1 aromatic heterocycles. The molecule has 3 rings (SSSR count). The van der Waals surface area contributed by atoms with E-state index in [0.717, 1.165) is 50.9 Å². The zero-order valence-electron chi connectivity index (χ0n) is 14.3. The molecule has 0 aromatic carbocycles. The molecular weight excluding hydrogens is 360 g/mol. The van der Waals surface area contributed by atoms with Crippen LogP contribution in [0.5, 0.6) is 0 Å². The van der Waals surface area contributed by atoms with Gasteiger partial charge in [-0.1, -0.05) is 0 Å². The zero-order valence-corrected chi connectivity index (χ0v) is 15.9. The Kier molecular flexibility index (Phi) is 5.96. The van der Waals surface area contributed by atoms with Gasteiger partial charge in [-0.25, -0.2) is 13.4 Å². The molecule has 3 N–H and O–H groups in total.